The van der Waals surface area contributed by atoms with Crippen LogP contribution in [0.5, 0.6) is 0 Å². The van der Waals surface area contributed by atoms with Gasteiger partial charge in [-0.2, -0.15) is 11.8 Å². The van der Waals surface area contributed by atoms with Crippen LogP contribution in [0.3, 0.4) is 0 Å². The molecule has 0 spiro atoms. The number of unbranched alkanes of at least 4 members (excludes halogenated alkanes) is 3. The third kappa shape index (κ3) is 4.89. The van der Waals surface area contributed by atoms with Gasteiger partial charge in [-0.1, -0.05) is 12.8 Å². The Bertz CT molecular complexity index is 205. The van der Waals surface area contributed by atoms with Gasteiger partial charge in [0.1, 0.15) is 0 Å². The maximum absolute atomic E-state index is 11.4. The summed E-state index contributed by atoms with van der Waals surface area (Å²) < 4.78 is 0. The summed E-state index contributed by atoms with van der Waals surface area (Å²) >= 11 is 1.90. The van der Waals surface area contributed by atoms with Gasteiger partial charge in [-0.05, 0) is 37.7 Å². The Morgan fingerprint density at radius 3 is 2.60 bits per heavy atom. The number of nitrogens with one attached hydrogen (secondary N) is 1. The molecule has 0 aromatic carbocycles. The van der Waals surface area contributed by atoms with Crippen molar-refractivity contribution in [3.63, 3.8) is 0 Å². The highest BCUT2D eigenvalue weighted by molar-refractivity contribution is 7.98. The first kappa shape index (κ1) is 12.8. The second kappa shape index (κ2) is 6.38. The van der Waals surface area contributed by atoms with Gasteiger partial charge in [0.15, 0.2) is 0 Å². The van der Waals surface area contributed by atoms with Crippen molar-refractivity contribution in [2.75, 3.05) is 18.6 Å². The largest absolute Gasteiger partial charge is 0.355 e. The lowest BCUT2D eigenvalue weighted by Gasteiger charge is -2.09. The van der Waals surface area contributed by atoms with E-state index in [0.717, 1.165) is 25.8 Å². The molecule has 0 bridgehead atoms. The van der Waals surface area contributed by atoms with Crippen LogP contribution in [0.25, 0.3) is 0 Å². The van der Waals surface area contributed by atoms with Gasteiger partial charge in [-0.15, -0.1) is 0 Å². The fourth-order valence-corrected chi connectivity index (χ4v) is 1.96. The molecular weight excluding hydrogens is 208 g/mol. The number of thioether (sulfide) groups is 1. The quantitative estimate of drug-likeness (QED) is 0.622. The number of carbonyl (C=O) groups is 1. The molecule has 1 amide bonds. The molecule has 1 aliphatic carbocycles. The predicted octanol–water partition coefficient (Wildman–Crippen LogP) is 1.52. The highest BCUT2D eigenvalue weighted by atomic mass is 32.2. The minimum Gasteiger partial charge on any atom is -0.355 e. The fourth-order valence-electron chi connectivity index (χ4n) is 1.46. The highest BCUT2D eigenvalue weighted by Gasteiger charge is 2.45. The predicted molar refractivity (Wildman–Crippen MR) is 66.0 cm³/mol. The zero-order chi connectivity index (χ0) is 11.1. The maximum Gasteiger partial charge on any atom is 0.240 e. The minimum atomic E-state index is -0.501. The van der Waals surface area contributed by atoms with Gasteiger partial charge in [-0.25, -0.2) is 0 Å². The van der Waals surface area contributed by atoms with Crippen molar-refractivity contribution < 1.29 is 4.79 Å². The number of hydrogen-bond donors (Lipinski definition) is 2. The summed E-state index contributed by atoms with van der Waals surface area (Å²) in [7, 11) is 0. The lowest BCUT2D eigenvalue weighted by molar-refractivity contribution is -0.123. The van der Waals surface area contributed by atoms with E-state index in [-0.39, 0.29) is 5.91 Å². The summed E-state index contributed by atoms with van der Waals surface area (Å²) in [5, 5.41) is 2.91. The molecule has 1 saturated carbocycles. The Hall–Kier alpha value is -0.220. The molecule has 0 aliphatic heterocycles. The second-order valence-electron chi connectivity index (χ2n) is 4.32. The Kier molecular flexibility index (Phi) is 5.47. The van der Waals surface area contributed by atoms with Crippen LogP contribution < -0.4 is 11.1 Å². The molecule has 1 aliphatic rings. The van der Waals surface area contributed by atoms with Crippen LogP contribution in [-0.4, -0.2) is 30.0 Å². The average Bonchev–Trinajstić information content (AvgIpc) is 2.96. The van der Waals surface area contributed by atoms with Crippen LogP contribution >= 0.6 is 11.8 Å². The van der Waals surface area contributed by atoms with Crippen LogP contribution in [0, 0.1) is 0 Å². The number of rotatable bonds is 8. The van der Waals surface area contributed by atoms with Crippen molar-refractivity contribution in [2.45, 2.75) is 44.1 Å². The van der Waals surface area contributed by atoms with Gasteiger partial charge in [0, 0.05) is 6.54 Å². The van der Waals surface area contributed by atoms with E-state index < -0.39 is 5.54 Å². The number of carbonyl (C=O) groups excluding carboxylic acids is 1. The Morgan fingerprint density at radius 2 is 2.00 bits per heavy atom. The number of nitrogens with two attached hydrogens (primary N) is 1. The van der Waals surface area contributed by atoms with E-state index in [1.807, 2.05) is 11.8 Å². The Balaban J connectivity index is 1.86. The third-order valence-corrected chi connectivity index (χ3v) is 3.50. The minimum absolute atomic E-state index is 0.0478. The van der Waals surface area contributed by atoms with Crippen LogP contribution in [-0.2, 0) is 4.79 Å². The zero-order valence-corrected chi connectivity index (χ0v) is 10.4. The summed E-state index contributed by atoms with van der Waals surface area (Å²) in [5.41, 5.74) is 5.25. The average molecular weight is 230 g/mol. The normalized spacial score (nSPS) is 17.5. The topological polar surface area (TPSA) is 55.1 Å². The van der Waals surface area contributed by atoms with E-state index in [1.54, 1.807) is 0 Å². The first-order valence-corrected chi connectivity index (χ1v) is 7.14. The standard InChI is InChI=1S/C11H22N2OS/c1-15-9-5-3-2-4-8-13-10(14)11(12)6-7-11/h2-9,12H2,1H3,(H,13,14). The van der Waals surface area contributed by atoms with E-state index in [2.05, 4.69) is 11.6 Å². The van der Waals surface area contributed by atoms with E-state index in [1.165, 1.54) is 25.0 Å². The molecule has 15 heavy (non-hydrogen) atoms. The molecule has 3 nitrogen and oxygen atoms in total. The Labute approximate surface area is 96.6 Å². The van der Waals surface area contributed by atoms with E-state index in [4.69, 9.17) is 5.73 Å². The number of hydrogen-bond acceptors (Lipinski definition) is 3. The fraction of sp³-hybridized carbons (Fsp3) is 0.909. The third-order valence-electron chi connectivity index (χ3n) is 2.80. The lowest BCUT2D eigenvalue weighted by atomic mass is 10.2. The van der Waals surface area contributed by atoms with Crippen molar-refractivity contribution >= 4 is 17.7 Å². The molecule has 0 radical (unpaired) electrons. The monoisotopic (exact) mass is 230 g/mol. The molecule has 3 N–H and O–H groups in total. The van der Waals surface area contributed by atoms with Crippen LogP contribution in [0.1, 0.15) is 38.5 Å². The summed E-state index contributed by atoms with van der Waals surface area (Å²) in [6.07, 6.45) is 8.69. The van der Waals surface area contributed by atoms with Gasteiger partial charge in [-0.3, -0.25) is 4.79 Å². The van der Waals surface area contributed by atoms with E-state index in [0.29, 0.717) is 0 Å². The first-order valence-electron chi connectivity index (χ1n) is 5.75. The van der Waals surface area contributed by atoms with Crippen LogP contribution in [0.15, 0.2) is 0 Å². The molecular formula is C11H22N2OS. The summed E-state index contributed by atoms with van der Waals surface area (Å²) in [5.74, 6) is 1.30. The highest BCUT2D eigenvalue weighted by Crippen LogP contribution is 2.31. The maximum atomic E-state index is 11.4. The smallest absolute Gasteiger partial charge is 0.240 e. The molecule has 1 fully saturated rings. The molecule has 0 aromatic rings. The van der Waals surface area contributed by atoms with Gasteiger partial charge in [0.05, 0.1) is 5.54 Å². The molecule has 4 heteroatoms. The van der Waals surface area contributed by atoms with Crippen molar-refractivity contribution in [3.05, 3.63) is 0 Å². The molecule has 1 rings (SSSR count). The summed E-state index contributed by atoms with van der Waals surface area (Å²) in [6.45, 7) is 0.789. The van der Waals surface area contributed by atoms with Crippen molar-refractivity contribution in [3.8, 4) is 0 Å². The Morgan fingerprint density at radius 1 is 1.33 bits per heavy atom. The summed E-state index contributed by atoms with van der Waals surface area (Å²) in [6, 6.07) is 0. The first-order chi connectivity index (χ1) is 7.19. The van der Waals surface area contributed by atoms with Gasteiger partial charge in [0.2, 0.25) is 5.91 Å². The van der Waals surface area contributed by atoms with Crippen molar-refractivity contribution in [2.24, 2.45) is 5.73 Å². The molecule has 0 aromatic heterocycles. The zero-order valence-electron chi connectivity index (χ0n) is 9.55. The molecule has 0 atom stereocenters. The molecule has 88 valence electrons. The molecule has 0 unspecified atom stereocenters. The van der Waals surface area contributed by atoms with Gasteiger partial charge in [0.25, 0.3) is 0 Å². The van der Waals surface area contributed by atoms with Gasteiger partial charge < -0.3 is 11.1 Å². The van der Waals surface area contributed by atoms with E-state index in [9.17, 15) is 4.79 Å². The van der Waals surface area contributed by atoms with Crippen LogP contribution in [0.2, 0.25) is 0 Å². The lowest BCUT2D eigenvalue weighted by Crippen LogP contribution is -2.42. The van der Waals surface area contributed by atoms with Gasteiger partial charge >= 0.3 is 0 Å². The van der Waals surface area contributed by atoms with Crippen molar-refractivity contribution in [1.29, 1.82) is 0 Å². The summed E-state index contributed by atoms with van der Waals surface area (Å²) in [4.78, 5) is 11.4. The SMILES string of the molecule is CSCCCCCCNC(=O)C1(N)CC1. The number of amides is 1. The van der Waals surface area contributed by atoms with Crippen molar-refractivity contribution in [1.82, 2.24) is 5.32 Å². The van der Waals surface area contributed by atoms with E-state index >= 15 is 0 Å². The molecule has 0 heterocycles. The van der Waals surface area contributed by atoms with Crippen LogP contribution in [0.4, 0.5) is 0 Å². The second-order valence-corrected chi connectivity index (χ2v) is 5.30. The molecule has 0 saturated heterocycles.